The molecule has 0 heterocycles. The van der Waals surface area contributed by atoms with E-state index in [1.807, 2.05) is 12.1 Å². The topological polar surface area (TPSA) is 12.0 Å². The van der Waals surface area contributed by atoms with Crippen molar-refractivity contribution in [3.8, 4) is 0 Å². The zero-order valence-electron chi connectivity index (χ0n) is 10.4. The molecule has 0 saturated heterocycles. The zero-order valence-corrected chi connectivity index (χ0v) is 12.0. The molecule has 1 aliphatic carbocycles. The first-order valence-electron chi connectivity index (χ1n) is 6.46. The van der Waals surface area contributed by atoms with E-state index in [1.165, 1.54) is 24.1 Å². The third kappa shape index (κ3) is 3.04. The molecule has 2 unspecified atom stereocenters. The van der Waals surface area contributed by atoms with Gasteiger partial charge in [0.1, 0.15) is 5.82 Å². The van der Waals surface area contributed by atoms with Crippen LogP contribution in [0.2, 0.25) is 0 Å². The van der Waals surface area contributed by atoms with Gasteiger partial charge in [-0.3, -0.25) is 0 Å². The molecular weight excluding hydrogens is 305 g/mol. The average Bonchev–Trinajstić information content (AvgIpc) is 3.18. The summed E-state index contributed by atoms with van der Waals surface area (Å²) in [4.78, 5) is 0. The van der Waals surface area contributed by atoms with Crippen molar-refractivity contribution in [3.05, 3.63) is 69.9 Å². The lowest BCUT2D eigenvalue weighted by Gasteiger charge is -2.07. The second-order valence-electron chi connectivity index (χ2n) is 4.98. The van der Waals surface area contributed by atoms with Crippen molar-refractivity contribution >= 4 is 15.9 Å². The van der Waals surface area contributed by atoms with E-state index in [0.29, 0.717) is 12.0 Å². The molecule has 3 rings (SSSR count). The van der Waals surface area contributed by atoms with E-state index < -0.39 is 0 Å². The van der Waals surface area contributed by atoms with Gasteiger partial charge >= 0.3 is 0 Å². The molecule has 1 fully saturated rings. The van der Waals surface area contributed by atoms with Gasteiger partial charge in [-0.15, -0.1) is 0 Å². The van der Waals surface area contributed by atoms with Crippen molar-refractivity contribution < 1.29 is 4.39 Å². The highest BCUT2D eigenvalue weighted by molar-refractivity contribution is 9.10. The molecule has 0 amide bonds. The second kappa shape index (κ2) is 5.43. The number of hydrogen-bond donors (Lipinski definition) is 1. The summed E-state index contributed by atoms with van der Waals surface area (Å²) < 4.78 is 13.8. The third-order valence-corrected chi connectivity index (χ3v) is 4.33. The van der Waals surface area contributed by atoms with Gasteiger partial charge in [-0.25, -0.2) is 4.39 Å². The standard InChI is InChI=1S/C16H15BrFN/c17-15-8-13(18)7-6-12(15)10-19-16-9-14(16)11-4-2-1-3-5-11/h1-8,14,16,19H,9-10H2. The normalized spacial score (nSPS) is 21.4. The number of nitrogens with one attached hydrogen (secondary N) is 1. The summed E-state index contributed by atoms with van der Waals surface area (Å²) in [5, 5.41) is 3.53. The fourth-order valence-corrected chi connectivity index (χ4v) is 2.89. The van der Waals surface area contributed by atoms with Crippen molar-refractivity contribution in [2.75, 3.05) is 0 Å². The van der Waals surface area contributed by atoms with Gasteiger partial charge in [-0.1, -0.05) is 52.3 Å². The lowest BCUT2D eigenvalue weighted by atomic mass is 10.1. The van der Waals surface area contributed by atoms with Crippen LogP contribution in [-0.4, -0.2) is 6.04 Å². The molecule has 1 nitrogen and oxygen atoms in total. The Morgan fingerprint density at radius 1 is 1.16 bits per heavy atom. The van der Waals surface area contributed by atoms with Gasteiger partial charge in [0.05, 0.1) is 0 Å². The fraction of sp³-hybridized carbons (Fsp3) is 0.250. The van der Waals surface area contributed by atoms with E-state index in [0.717, 1.165) is 16.6 Å². The summed E-state index contributed by atoms with van der Waals surface area (Å²) in [5.41, 5.74) is 2.50. The highest BCUT2D eigenvalue weighted by Gasteiger charge is 2.37. The first-order valence-corrected chi connectivity index (χ1v) is 7.25. The highest BCUT2D eigenvalue weighted by Crippen LogP contribution is 2.40. The molecule has 1 aliphatic rings. The number of halogens is 2. The lowest BCUT2D eigenvalue weighted by Crippen LogP contribution is -2.17. The molecule has 0 aromatic heterocycles. The summed E-state index contributed by atoms with van der Waals surface area (Å²) in [7, 11) is 0. The van der Waals surface area contributed by atoms with E-state index >= 15 is 0 Å². The molecule has 2 atom stereocenters. The number of benzene rings is 2. The van der Waals surface area contributed by atoms with Crippen LogP contribution in [0.5, 0.6) is 0 Å². The molecule has 0 spiro atoms. The Morgan fingerprint density at radius 3 is 2.68 bits per heavy atom. The molecule has 0 bridgehead atoms. The van der Waals surface area contributed by atoms with Crippen LogP contribution in [0.1, 0.15) is 23.5 Å². The summed E-state index contributed by atoms with van der Waals surface area (Å²) >= 11 is 3.40. The Hall–Kier alpha value is -1.19. The Morgan fingerprint density at radius 2 is 1.95 bits per heavy atom. The minimum absolute atomic E-state index is 0.204. The van der Waals surface area contributed by atoms with Crippen LogP contribution in [0.3, 0.4) is 0 Å². The number of hydrogen-bond acceptors (Lipinski definition) is 1. The van der Waals surface area contributed by atoms with Gasteiger partial charge in [0.25, 0.3) is 0 Å². The maximum absolute atomic E-state index is 13.0. The van der Waals surface area contributed by atoms with Crippen LogP contribution in [0, 0.1) is 5.82 Å². The molecule has 0 aliphatic heterocycles. The van der Waals surface area contributed by atoms with Gasteiger partial charge in [-0.05, 0) is 29.7 Å². The van der Waals surface area contributed by atoms with Crippen molar-refractivity contribution in [2.45, 2.75) is 24.9 Å². The zero-order chi connectivity index (χ0) is 13.2. The van der Waals surface area contributed by atoms with E-state index in [9.17, 15) is 4.39 Å². The quantitative estimate of drug-likeness (QED) is 0.889. The van der Waals surface area contributed by atoms with E-state index in [-0.39, 0.29) is 5.82 Å². The lowest BCUT2D eigenvalue weighted by molar-refractivity contribution is 0.622. The van der Waals surface area contributed by atoms with Crippen LogP contribution in [0.25, 0.3) is 0 Å². The van der Waals surface area contributed by atoms with Crippen LogP contribution >= 0.6 is 15.9 Å². The number of rotatable bonds is 4. The summed E-state index contributed by atoms with van der Waals surface area (Å²) in [6, 6.07) is 16.0. The summed E-state index contributed by atoms with van der Waals surface area (Å²) in [6.45, 7) is 0.773. The van der Waals surface area contributed by atoms with Crippen LogP contribution in [0.15, 0.2) is 53.0 Å². The van der Waals surface area contributed by atoms with E-state index in [2.05, 4.69) is 45.5 Å². The largest absolute Gasteiger partial charge is 0.309 e. The molecule has 0 radical (unpaired) electrons. The van der Waals surface area contributed by atoms with Crippen LogP contribution in [-0.2, 0) is 6.54 Å². The second-order valence-corrected chi connectivity index (χ2v) is 5.83. The van der Waals surface area contributed by atoms with Gasteiger partial charge in [0.2, 0.25) is 0 Å². The Balaban J connectivity index is 1.57. The molecule has 1 N–H and O–H groups in total. The maximum atomic E-state index is 13.0. The minimum Gasteiger partial charge on any atom is -0.309 e. The van der Waals surface area contributed by atoms with Gasteiger partial charge in [-0.2, -0.15) is 0 Å². The predicted octanol–water partition coefficient (Wildman–Crippen LogP) is 4.23. The van der Waals surface area contributed by atoms with Crippen LogP contribution in [0.4, 0.5) is 4.39 Å². The Kier molecular flexibility index (Phi) is 3.67. The highest BCUT2D eigenvalue weighted by atomic mass is 79.9. The molecule has 2 aromatic rings. The fourth-order valence-electron chi connectivity index (χ4n) is 2.40. The molecule has 1 saturated carbocycles. The third-order valence-electron chi connectivity index (χ3n) is 3.59. The summed E-state index contributed by atoms with van der Waals surface area (Å²) in [6.07, 6.45) is 1.18. The van der Waals surface area contributed by atoms with Crippen molar-refractivity contribution in [1.82, 2.24) is 5.32 Å². The molecule has 98 valence electrons. The first-order chi connectivity index (χ1) is 9.24. The molecular formula is C16H15BrFN. The van der Waals surface area contributed by atoms with E-state index in [1.54, 1.807) is 0 Å². The molecule has 19 heavy (non-hydrogen) atoms. The van der Waals surface area contributed by atoms with Crippen molar-refractivity contribution in [1.29, 1.82) is 0 Å². The van der Waals surface area contributed by atoms with Gasteiger partial charge < -0.3 is 5.32 Å². The average molecular weight is 320 g/mol. The maximum Gasteiger partial charge on any atom is 0.124 e. The Bertz CT molecular complexity index is 570. The minimum atomic E-state index is -0.204. The van der Waals surface area contributed by atoms with Crippen molar-refractivity contribution in [3.63, 3.8) is 0 Å². The molecule has 3 heteroatoms. The van der Waals surface area contributed by atoms with Gasteiger partial charge in [0.15, 0.2) is 0 Å². The van der Waals surface area contributed by atoms with Crippen molar-refractivity contribution in [2.24, 2.45) is 0 Å². The smallest absolute Gasteiger partial charge is 0.124 e. The van der Waals surface area contributed by atoms with Gasteiger partial charge in [0, 0.05) is 23.0 Å². The monoisotopic (exact) mass is 319 g/mol. The first kappa shape index (κ1) is 12.8. The molecule has 2 aromatic carbocycles. The van der Waals surface area contributed by atoms with E-state index in [4.69, 9.17) is 0 Å². The Labute approximate surface area is 121 Å². The summed E-state index contributed by atoms with van der Waals surface area (Å²) in [5.74, 6) is 0.421. The predicted molar refractivity (Wildman–Crippen MR) is 78.5 cm³/mol. The van der Waals surface area contributed by atoms with Crippen LogP contribution < -0.4 is 5.32 Å². The SMILES string of the molecule is Fc1ccc(CNC2CC2c2ccccc2)c(Br)c1.